The van der Waals surface area contributed by atoms with Gasteiger partial charge in [0.2, 0.25) is 0 Å². The van der Waals surface area contributed by atoms with Gasteiger partial charge < -0.3 is 4.90 Å². The Kier molecular flexibility index (Phi) is 5.39. The molecule has 0 aliphatic heterocycles. The van der Waals surface area contributed by atoms with E-state index in [-0.39, 0.29) is 5.91 Å². The first kappa shape index (κ1) is 13.1. The monoisotopic (exact) mass is 237 g/mol. The summed E-state index contributed by atoms with van der Waals surface area (Å²) in [5.41, 5.74) is 0.685. The van der Waals surface area contributed by atoms with E-state index in [1.54, 1.807) is 4.90 Å². The molecule has 0 saturated heterocycles. The van der Waals surface area contributed by atoms with Gasteiger partial charge in [0.15, 0.2) is 0 Å². The minimum absolute atomic E-state index is 0.0571. The molecule has 0 unspecified atom stereocenters. The molecular weight excluding hydrogens is 218 g/mol. The SMILES string of the molecule is CCCCCN(C)C(=O)c1ccccc1S. The van der Waals surface area contributed by atoms with Crippen molar-refractivity contribution in [2.24, 2.45) is 0 Å². The highest BCUT2D eigenvalue weighted by Gasteiger charge is 2.12. The number of nitrogens with zero attached hydrogens (tertiary/aromatic N) is 1. The predicted octanol–water partition coefficient (Wildman–Crippen LogP) is 3.24. The third-order valence-electron chi connectivity index (χ3n) is 2.58. The molecule has 0 aromatic heterocycles. The van der Waals surface area contributed by atoms with Gasteiger partial charge in [0.25, 0.3) is 5.91 Å². The van der Waals surface area contributed by atoms with Crippen LogP contribution in [0.4, 0.5) is 0 Å². The Labute approximate surface area is 103 Å². The highest BCUT2D eigenvalue weighted by Crippen LogP contribution is 2.15. The highest BCUT2D eigenvalue weighted by molar-refractivity contribution is 7.80. The first-order valence-corrected chi connectivity index (χ1v) is 6.15. The van der Waals surface area contributed by atoms with Crippen molar-refractivity contribution >= 4 is 18.5 Å². The Hall–Kier alpha value is -0.960. The van der Waals surface area contributed by atoms with Gasteiger partial charge in [-0.15, -0.1) is 12.6 Å². The Morgan fingerprint density at radius 1 is 1.31 bits per heavy atom. The predicted molar refractivity (Wildman–Crippen MR) is 70.2 cm³/mol. The summed E-state index contributed by atoms with van der Waals surface area (Å²) in [6.45, 7) is 2.97. The van der Waals surface area contributed by atoms with Crippen molar-refractivity contribution in [1.29, 1.82) is 0 Å². The molecule has 88 valence electrons. The van der Waals surface area contributed by atoms with E-state index in [2.05, 4.69) is 19.6 Å². The van der Waals surface area contributed by atoms with E-state index < -0.39 is 0 Å². The zero-order chi connectivity index (χ0) is 12.0. The standard InChI is InChI=1S/C13H19NOS/c1-3-4-7-10-14(2)13(15)11-8-5-6-9-12(11)16/h5-6,8-9,16H,3-4,7,10H2,1-2H3. The summed E-state index contributed by atoms with van der Waals surface area (Å²) in [5.74, 6) is 0.0571. The van der Waals surface area contributed by atoms with E-state index in [9.17, 15) is 4.79 Å². The molecule has 0 radical (unpaired) electrons. The molecule has 0 saturated carbocycles. The molecule has 0 N–H and O–H groups in total. The van der Waals surface area contributed by atoms with E-state index in [0.29, 0.717) is 5.56 Å². The molecule has 1 rings (SSSR count). The van der Waals surface area contributed by atoms with Crippen molar-refractivity contribution in [3.8, 4) is 0 Å². The lowest BCUT2D eigenvalue weighted by Gasteiger charge is -2.17. The number of rotatable bonds is 5. The third kappa shape index (κ3) is 3.56. The van der Waals surface area contributed by atoms with E-state index in [1.165, 1.54) is 12.8 Å². The van der Waals surface area contributed by atoms with Gasteiger partial charge in [-0.05, 0) is 18.6 Å². The zero-order valence-electron chi connectivity index (χ0n) is 9.94. The topological polar surface area (TPSA) is 20.3 Å². The quantitative estimate of drug-likeness (QED) is 0.616. The minimum Gasteiger partial charge on any atom is -0.342 e. The fraction of sp³-hybridized carbons (Fsp3) is 0.462. The summed E-state index contributed by atoms with van der Waals surface area (Å²) in [4.78, 5) is 14.6. The van der Waals surface area contributed by atoms with Crippen molar-refractivity contribution in [2.75, 3.05) is 13.6 Å². The Balaban J connectivity index is 2.60. The molecule has 0 spiro atoms. The van der Waals surface area contributed by atoms with Gasteiger partial charge in [-0.1, -0.05) is 31.9 Å². The van der Waals surface area contributed by atoms with Crippen LogP contribution < -0.4 is 0 Å². The van der Waals surface area contributed by atoms with Gasteiger partial charge in [-0.2, -0.15) is 0 Å². The number of hydrogen-bond donors (Lipinski definition) is 1. The van der Waals surface area contributed by atoms with E-state index in [1.807, 2.05) is 31.3 Å². The van der Waals surface area contributed by atoms with Crippen molar-refractivity contribution in [3.63, 3.8) is 0 Å². The van der Waals surface area contributed by atoms with Gasteiger partial charge in [0, 0.05) is 18.5 Å². The van der Waals surface area contributed by atoms with E-state index >= 15 is 0 Å². The molecule has 0 bridgehead atoms. The normalized spacial score (nSPS) is 10.2. The number of unbranched alkanes of at least 4 members (excludes halogenated alkanes) is 2. The maximum atomic E-state index is 12.0. The fourth-order valence-electron chi connectivity index (χ4n) is 1.56. The van der Waals surface area contributed by atoms with Crippen LogP contribution in [0, 0.1) is 0 Å². The van der Waals surface area contributed by atoms with Crippen molar-refractivity contribution in [3.05, 3.63) is 29.8 Å². The number of carbonyl (C=O) groups excluding carboxylic acids is 1. The van der Waals surface area contributed by atoms with Crippen LogP contribution in [0.15, 0.2) is 29.2 Å². The van der Waals surface area contributed by atoms with Gasteiger partial charge in [-0.25, -0.2) is 0 Å². The van der Waals surface area contributed by atoms with Crippen molar-refractivity contribution < 1.29 is 4.79 Å². The molecule has 2 nitrogen and oxygen atoms in total. The number of amides is 1. The average Bonchev–Trinajstić information content (AvgIpc) is 2.29. The molecule has 0 aliphatic carbocycles. The lowest BCUT2D eigenvalue weighted by molar-refractivity contribution is 0.0789. The van der Waals surface area contributed by atoms with Gasteiger partial charge >= 0.3 is 0 Å². The van der Waals surface area contributed by atoms with Crippen LogP contribution in [-0.2, 0) is 0 Å². The molecule has 1 aromatic rings. The second-order valence-corrected chi connectivity index (χ2v) is 4.43. The first-order chi connectivity index (χ1) is 7.66. The molecule has 1 aromatic carbocycles. The summed E-state index contributed by atoms with van der Waals surface area (Å²) in [5, 5.41) is 0. The van der Waals surface area contributed by atoms with Crippen molar-refractivity contribution in [1.82, 2.24) is 4.90 Å². The van der Waals surface area contributed by atoms with Gasteiger partial charge in [-0.3, -0.25) is 4.79 Å². The Bertz CT molecular complexity index is 352. The molecule has 0 atom stereocenters. The minimum atomic E-state index is 0.0571. The fourth-order valence-corrected chi connectivity index (χ4v) is 1.82. The van der Waals surface area contributed by atoms with Crippen LogP contribution in [0.1, 0.15) is 36.5 Å². The Morgan fingerprint density at radius 3 is 2.62 bits per heavy atom. The average molecular weight is 237 g/mol. The first-order valence-electron chi connectivity index (χ1n) is 5.70. The highest BCUT2D eigenvalue weighted by atomic mass is 32.1. The number of hydrogen-bond acceptors (Lipinski definition) is 2. The maximum absolute atomic E-state index is 12.0. The summed E-state index contributed by atoms with van der Waals surface area (Å²) < 4.78 is 0. The van der Waals surface area contributed by atoms with Crippen LogP contribution in [0.2, 0.25) is 0 Å². The van der Waals surface area contributed by atoms with Crippen LogP contribution in [0.5, 0.6) is 0 Å². The van der Waals surface area contributed by atoms with E-state index in [0.717, 1.165) is 17.9 Å². The second-order valence-electron chi connectivity index (χ2n) is 3.95. The summed E-state index contributed by atoms with van der Waals surface area (Å²) in [6, 6.07) is 7.42. The molecule has 16 heavy (non-hydrogen) atoms. The largest absolute Gasteiger partial charge is 0.342 e. The maximum Gasteiger partial charge on any atom is 0.254 e. The number of thiol groups is 1. The summed E-state index contributed by atoms with van der Waals surface area (Å²) in [7, 11) is 1.85. The van der Waals surface area contributed by atoms with Crippen LogP contribution in [0.25, 0.3) is 0 Å². The Morgan fingerprint density at radius 2 is 2.00 bits per heavy atom. The van der Waals surface area contributed by atoms with Crippen LogP contribution >= 0.6 is 12.6 Å². The smallest absolute Gasteiger partial charge is 0.254 e. The van der Waals surface area contributed by atoms with E-state index in [4.69, 9.17) is 0 Å². The van der Waals surface area contributed by atoms with Crippen LogP contribution in [-0.4, -0.2) is 24.4 Å². The molecule has 1 amide bonds. The number of carbonyl (C=O) groups is 1. The lowest BCUT2D eigenvalue weighted by atomic mass is 10.2. The molecule has 3 heteroatoms. The molecule has 0 aliphatic rings. The lowest BCUT2D eigenvalue weighted by Crippen LogP contribution is -2.28. The zero-order valence-corrected chi connectivity index (χ0v) is 10.8. The molecule has 0 heterocycles. The molecular formula is C13H19NOS. The molecule has 0 fully saturated rings. The van der Waals surface area contributed by atoms with Gasteiger partial charge in [0.1, 0.15) is 0 Å². The van der Waals surface area contributed by atoms with Crippen molar-refractivity contribution in [2.45, 2.75) is 31.1 Å². The third-order valence-corrected chi connectivity index (χ3v) is 2.97. The number of benzene rings is 1. The summed E-state index contributed by atoms with van der Waals surface area (Å²) in [6.07, 6.45) is 3.40. The van der Waals surface area contributed by atoms with Gasteiger partial charge in [0.05, 0.1) is 5.56 Å². The summed E-state index contributed by atoms with van der Waals surface area (Å²) >= 11 is 4.29. The second kappa shape index (κ2) is 6.59. The van der Waals surface area contributed by atoms with Crippen LogP contribution in [0.3, 0.4) is 0 Å².